The largest absolute Gasteiger partial charge is 0.489 e. The van der Waals surface area contributed by atoms with Crippen molar-refractivity contribution in [3.8, 4) is 5.75 Å². The van der Waals surface area contributed by atoms with Crippen LogP contribution in [0.2, 0.25) is 5.02 Å². The summed E-state index contributed by atoms with van der Waals surface area (Å²) < 4.78 is 18.9. The molecule has 0 N–H and O–H groups in total. The molecular weight excluding hydrogens is 251 g/mol. The number of aryl methyl sites for hydroxylation is 2. The lowest BCUT2D eigenvalue weighted by Crippen LogP contribution is -1.99. The lowest BCUT2D eigenvalue weighted by Gasteiger charge is -2.11. The minimum atomic E-state index is -0.418. The van der Waals surface area contributed by atoms with Crippen molar-refractivity contribution in [3.63, 3.8) is 0 Å². The average molecular weight is 265 g/mol. The van der Waals surface area contributed by atoms with Crippen LogP contribution in [-0.4, -0.2) is 0 Å². The van der Waals surface area contributed by atoms with Crippen LogP contribution in [0.4, 0.5) is 4.39 Å². The third kappa shape index (κ3) is 2.82. The van der Waals surface area contributed by atoms with E-state index in [-0.39, 0.29) is 11.6 Å². The maximum Gasteiger partial charge on any atom is 0.142 e. The van der Waals surface area contributed by atoms with Gasteiger partial charge in [0.1, 0.15) is 18.2 Å². The molecule has 0 spiro atoms. The van der Waals surface area contributed by atoms with Crippen molar-refractivity contribution < 1.29 is 9.13 Å². The van der Waals surface area contributed by atoms with Crippen molar-refractivity contribution in [1.82, 2.24) is 0 Å². The Kier molecular flexibility index (Phi) is 3.87. The summed E-state index contributed by atoms with van der Waals surface area (Å²) in [5.74, 6) is 0.383. The molecule has 0 unspecified atom stereocenters. The second-order valence-corrected chi connectivity index (χ2v) is 4.65. The van der Waals surface area contributed by atoms with Gasteiger partial charge in [0.2, 0.25) is 0 Å². The Morgan fingerprint density at radius 1 is 1.17 bits per heavy atom. The first-order chi connectivity index (χ1) is 8.58. The van der Waals surface area contributed by atoms with Crippen molar-refractivity contribution in [2.75, 3.05) is 0 Å². The Morgan fingerprint density at radius 3 is 2.72 bits per heavy atom. The topological polar surface area (TPSA) is 9.23 Å². The van der Waals surface area contributed by atoms with Crippen LogP contribution < -0.4 is 4.74 Å². The predicted octanol–water partition coefficient (Wildman–Crippen LogP) is 4.67. The number of ether oxygens (including phenoxy) is 1. The molecule has 0 aliphatic heterocycles. The zero-order valence-corrected chi connectivity index (χ0v) is 11.1. The van der Waals surface area contributed by atoms with Gasteiger partial charge < -0.3 is 4.74 Å². The van der Waals surface area contributed by atoms with E-state index in [2.05, 4.69) is 0 Å². The molecule has 2 aromatic carbocycles. The molecule has 0 fully saturated rings. The van der Waals surface area contributed by atoms with Crippen molar-refractivity contribution in [2.24, 2.45) is 0 Å². The smallest absolute Gasteiger partial charge is 0.142 e. The normalized spacial score (nSPS) is 10.4. The van der Waals surface area contributed by atoms with Crippen LogP contribution in [0.25, 0.3) is 0 Å². The Labute approximate surface area is 111 Å². The molecule has 0 aliphatic rings. The molecule has 0 aromatic heterocycles. The van der Waals surface area contributed by atoms with E-state index >= 15 is 0 Å². The number of hydrogen-bond donors (Lipinski definition) is 0. The Balaban J connectivity index is 2.16. The molecular formula is C15H14ClFO. The molecule has 0 saturated carbocycles. The lowest BCUT2D eigenvalue weighted by atomic mass is 10.1. The predicted molar refractivity (Wildman–Crippen MR) is 71.7 cm³/mol. The third-order valence-corrected chi connectivity index (χ3v) is 3.18. The summed E-state index contributed by atoms with van der Waals surface area (Å²) in [7, 11) is 0. The van der Waals surface area contributed by atoms with Crippen molar-refractivity contribution in [1.29, 1.82) is 0 Å². The molecule has 0 heterocycles. The second kappa shape index (κ2) is 5.40. The molecule has 0 aliphatic carbocycles. The molecule has 1 nitrogen and oxygen atoms in total. The minimum Gasteiger partial charge on any atom is -0.489 e. The fourth-order valence-electron chi connectivity index (χ4n) is 1.68. The van der Waals surface area contributed by atoms with E-state index in [1.54, 1.807) is 12.1 Å². The summed E-state index contributed by atoms with van der Waals surface area (Å²) in [6.45, 7) is 4.24. The molecule has 0 atom stereocenters. The fraction of sp³-hybridized carbons (Fsp3) is 0.200. The van der Waals surface area contributed by atoms with Crippen LogP contribution in [0.1, 0.15) is 16.7 Å². The first-order valence-electron chi connectivity index (χ1n) is 5.71. The van der Waals surface area contributed by atoms with Crippen molar-refractivity contribution in [3.05, 3.63) is 63.9 Å². The van der Waals surface area contributed by atoms with Gasteiger partial charge in [0.25, 0.3) is 0 Å². The molecule has 3 heteroatoms. The van der Waals surface area contributed by atoms with E-state index < -0.39 is 5.82 Å². The van der Waals surface area contributed by atoms with Gasteiger partial charge in [-0.05, 0) is 37.1 Å². The van der Waals surface area contributed by atoms with Crippen LogP contribution in [0.5, 0.6) is 5.75 Å². The Morgan fingerprint density at radius 2 is 1.94 bits per heavy atom. The molecule has 0 radical (unpaired) electrons. The summed E-state index contributed by atoms with van der Waals surface area (Å²) in [5, 5.41) is 0.128. The highest BCUT2D eigenvalue weighted by Crippen LogP contribution is 2.24. The van der Waals surface area contributed by atoms with E-state index in [1.807, 2.05) is 32.0 Å². The van der Waals surface area contributed by atoms with Gasteiger partial charge in [-0.15, -0.1) is 0 Å². The number of rotatable bonds is 3. The van der Waals surface area contributed by atoms with E-state index in [1.165, 1.54) is 6.07 Å². The standard InChI is InChI=1S/C15H14ClFO/c1-10-6-7-11(2)14(8-10)18-9-12-4-3-5-13(17)15(12)16/h3-8H,9H2,1-2H3. The van der Waals surface area contributed by atoms with Gasteiger partial charge in [-0.1, -0.05) is 35.9 Å². The van der Waals surface area contributed by atoms with Crippen molar-refractivity contribution >= 4 is 11.6 Å². The van der Waals surface area contributed by atoms with E-state index in [9.17, 15) is 4.39 Å². The zero-order chi connectivity index (χ0) is 13.1. The SMILES string of the molecule is Cc1ccc(C)c(OCc2cccc(F)c2Cl)c1. The molecule has 2 rings (SSSR count). The summed E-state index contributed by atoms with van der Waals surface area (Å²) in [6.07, 6.45) is 0. The van der Waals surface area contributed by atoms with E-state index in [0.29, 0.717) is 5.56 Å². The highest BCUT2D eigenvalue weighted by Gasteiger charge is 2.07. The summed E-state index contributed by atoms with van der Waals surface area (Å²) in [6, 6.07) is 10.7. The highest BCUT2D eigenvalue weighted by atomic mass is 35.5. The zero-order valence-electron chi connectivity index (χ0n) is 10.3. The third-order valence-electron chi connectivity index (χ3n) is 2.76. The summed E-state index contributed by atoms with van der Waals surface area (Å²) in [4.78, 5) is 0. The number of benzene rings is 2. The van der Waals surface area contributed by atoms with Gasteiger partial charge in [-0.2, -0.15) is 0 Å². The number of halogens is 2. The van der Waals surface area contributed by atoms with Crippen LogP contribution >= 0.6 is 11.6 Å². The molecule has 18 heavy (non-hydrogen) atoms. The van der Waals surface area contributed by atoms with E-state index in [0.717, 1.165) is 16.9 Å². The quantitative estimate of drug-likeness (QED) is 0.782. The molecule has 94 valence electrons. The summed E-state index contributed by atoms with van der Waals surface area (Å²) in [5.41, 5.74) is 2.83. The molecule has 0 amide bonds. The minimum absolute atomic E-state index is 0.128. The Hall–Kier alpha value is -1.54. The van der Waals surface area contributed by atoms with Gasteiger partial charge in [0.05, 0.1) is 5.02 Å². The van der Waals surface area contributed by atoms with Crippen LogP contribution in [0, 0.1) is 19.7 Å². The maximum atomic E-state index is 13.3. The summed E-state index contributed by atoms with van der Waals surface area (Å²) >= 11 is 5.88. The van der Waals surface area contributed by atoms with Crippen LogP contribution in [0.15, 0.2) is 36.4 Å². The van der Waals surface area contributed by atoms with Gasteiger partial charge >= 0.3 is 0 Å². The maximum absolute atomic E-state index is 13.3. The average Bonchev–Trinajstić information content (AvgIpc) is 2.35. The van der Waals surface area contributed by atoms with Crippen molar-refractivity contribution in [2.45, 2.75) is 20.5 Å². The molecule has 0 saturated heterocycles. The van der Waals surface area contributed by atoms with Gasteiger partial charge in [0, 0.05) is 5.56 Å². The van der Waals surface area contributed by atoms with E-state index in [4.69, 9.17) is 16.3 Å². The second-order valence-electron chi connectivity index (χ2n) is 4.27. The lowest BCUT2D eigenvalue weighted by molar-refractivity contribution is 0.303. The van der Waals surface area contributed by atoms with Gasteiger partial charge in [-0.25, -0.2) is 4.39 Å². The molecule has 2 aromatic rings. The van der Waals surface area contributed by atoms with Crippen LogP contribution in [-0.2, 0) is 6.61 Å². The highest BCUT2D eigenvalue weighted by molar-refractivity contribution is 6.31. The first-order valence-corrected chi connectivity index (χ1v) is 6.08. The Bertz CT molecular complexity index is 564. The number of hydrogen-bond acceptors (Lipinski definition) is 1. The molecule has 0 bridgehead atoms. The van der Waals surface area contributed by atoms with Gasteiger partial charge in [0.15, 0.2) is 0 Å². The van der Waals surface area contributed by atoms with Gasteiger partial charge in [-0.3, -0.25) is 0 Å². The monoisotopic (exact) mass is 264 g/mol. The fourth-order valence-corrected chi connectivity index (χ4v) is 1.86. The first kappa shape index (κ1) is 12.9. The van der Waals surface area contributed by atoms with Crippen LogP contribution in [0.3, 0.4) is 0 Å².